The molecule has 1 rings (SSSR count). The molecule has 0 bridgehead atoms. The highest BCUT2D eigenvalue weighted by atomic mass is 32.2. The van der Waals surface area contributed by atoms with Crippen molar-refractivity contribution in [1.29, 1.82) is 0 Å². The van der Waals surface area contributed by atoms with Gasteiger partial charge < -0.3 is 0 Å². The lowest BCUT2D eigenvalue weighted by molar-refractivity contribution is -0.384. The Labute approximate surface area is 96.8 Å². The molecule has 0 saturated carbocycles. The van der Waals surface area contributed by atoms with Gasteiger partial charge in [-0.15, -0.1) is 4.83 Å². The van der Waals surface area contributed by atoms with Gasteiger partial charge in [-0.25, -0.2) is 8.42 Å². The van der Waals surface area contributed by atoms with E-state index in [1.165, 1.54) is 0 Å². The molecule has 17 heavy (non-hydrogen) atoms. The molecule has 0 saturated heterocycles. The number of nitro benzene ring substituents is 1. The highest BCUT2D eigenvalue weighted by molar-refractivity contribution is 7.89. The SMILES string of the molecule is CC(=O)NNS(=O)(=O)c1ccc([N+](=O)[O-])cc1. The van der Waals surface area contributed by atoms with Crippen LogP contribution in [0.3, 0.4) is 0 Å². The molecule has 0 atom stereocenters. The zero-order valence-electron chi connectivity index (χ0n) is 8.71. The number of non-ortho nitro benzene ring substituents is 1. The maximum Gasteiger partial charge on any atom is 0.269 e. The summed E-state index contributed by atoms with van der Waals surface area (Å²) in [7, 11) is -3.90. The minimum absolute atomic E-state index is 0.183. The molecule has 0 aliphatic rings. The molecular weight excluding hydrogens is 250 g/mol. The highest BCUT2D eigenvalue weighted by Crippen LogP contribution is 2.15. The van der Waals surface area contributed by atoms with Gasteiger partial charge in [-0.05, 0) is 12.1 Å². The van der Waals surface area contributed by atoms with Gasteiger partial charge in [0.15, 0.2) is 0 Å². The first kappa shape index (κ1) is 13.1. The number of nitrogens with one attached hydrogen (secondary N) is 2. The topological polar surface area (TPSA) is 118 Å². The van der Waals surface area contributed by atoms with Gasteiger partial charge in [0, 0.05) is 19.1 Å². The number of rotatable bonds is 4. The highest BCUT2D eigenvalue weighted by Gasteiger charge is 2.15. The van der Waals surface area contributed by atoms with Gasteiger partial charge >= 0.3 is 0 Å². The van der Waals surface area contributed by atoms with E-state index in [-0.39, 0.29) is 10.6 Å². The maximum atomic E-state index is 11.5. The van der Waals surface area contributed by atoms with Crippen LogP contribution < -0.4 is 10.3 Å². The van der Waals surface area contributed by atoms with Crippen LogP contribution in [0.15, 0.2) is 29.2 Å². The van der Waals surface area contributed by atoms with Crippen molar-refractivity contribution in [3.63, 3.8) is 0 Å². The third-order valence-corrected chi connectivity index (χ3v) is 2.98. The van der Waals surface area contributed by atoms with Crippen LogP contribution in [0.2, 0.25) is 0 Å². The van der Waals surface area contributed by atoms with Crippen LogP contribution in [0.25, 0.3) is 0 Å². The zero-order chi connectivity index (χ0) is 13.1. The fourth-order valence-corrected chi connectivity index (χ4v) is 1.84. The van der Waals surface area contributed by atoms with Crippen LogP contribution in [0.1, 0.15) is 6.92 Å². The van der Waals surface area contributed by atoms with Gasteiger partial charge in [0.2, 0.25) is 5.91 Å². The molecule has 1 aromatic rings. The van der Waals surface area contributed by atoms with Crippen molar-refractivity contribution in [1.82, 2.24) is 10.3 Å². The van der Waals surface area contributed by atoms with Crippen LogP contribution in [0, 0.1) is 10.1 Å². The first-order chi connectivity index (χ1) is 7.83. The summed E-state index contributed by atoms with van der Waals surface area (Å²) in [6, 6.07) is 4.26. The number of hydrogen-bond donors (Lipinski definition) is 2. The second kappa shape index (κ2) is 4.89. The molecule has 0 heterocycles. The lowest BCUT2D eigenvalue weighted by Crippen LogP contribution is -2.40. The number of hydrazine groups is 1. The Morgan fingerprint density at radius 1 is 1.29 bits per heavy atom. The predicted molar refractivity (Wildman–Crippen MR) is 57.2 cm³/mol. The second-order valence-electron chi connectivity index (χ2n) is 3.04. The number of benzene rings is 1. The van der Waals surface area contributed by atoms with Crippen LogP contribution in [-0.4, -0.2) is 19.2 Å². The zero-order valence-corrected chi connectivity index (χ0v) is 9.52. The van der Waals surface area contributed by atoms with Crippen molar-refractivity contribution in [2.75, 3.05) is 0 Å². The van der Waals surface area contributed by atoms with Crippen molar-refractivity contribution in [2.24, 2.45) is 0 Å². The van der Waals surface area contributed by atoms with Gasteiger partial charge in [-0.1, -0.05) is 0 Å². The monoisotopic (exact) mass is 259 g/mol. The summed E-state index contributed by atoms with van der Waals surface area (Å²) >= 11 is 0. The Kier molecular flexibility index (Phi) is 3.76. The number of carbonyl (C=O) groups is 1. The quantitative estimate of drug-likeness (QED) is 0.579. The predicted octanol–water partition coefficient (Wildman–Crippen LogP) is -0.0758. The molecule has 0 fully saturated rings. The Hall–Kier alpha value is -2.00. The molecule has 2 N–H and O–H groups in total. The average Bonchev–Trinajstić information content (AvgIpc) is 2.27. The number of sulfonamides is 1. The number of hydrogen-bond acceptors (Lipinski definition) is 5. The number of amides is 1. The Bertz CT molecular complexity index is 537. The molecule has 0 aliphatic heterocycles. The average molecular weight is 259 g/mol. The molecular formula is C8H9N3O5S. The summed E-state index contributed by atoms with van der Waals surface area (Å²) in [6.07, 6.45) is 0. The normalized spacial score (nSPS) is 10.9. The number of nitro groups is 1. The van der Waals surface area contributed by atoms with E-state index in [2.05, 4.69) is 0 Å². The minimum atomic E-state index is -3.90. The Balaban J connectivity index is 2.92. The Morgan fingerprint density at radius 2 is 1.82 bits per heavy atom. The van der Waals surface area contributed by atoms with E-state index >= 15 is 0 Å². The van der Waals surface area contributed by atoms with E-state index in [0.717, 1.165) is 31.2 Å². The van der Waals surface area contributed by atoms with Gasteiger partial charge in [0.05, 0.1) is 9.82 Å². The largest absolute Gasteiger partial charge is 0.278 e. The third kappa shape index (κ3) is 3.50. The summed E-state index contributed by atoms with van der Waals surface area (Å²) in [5.41, 5.74) is 1.69. The van der Waals surface area contributed by atoms with Gasteiger partial charge in [0.25, 0.3) is 15.7 Å². The fraction of sp³-hybridized carbons (Fsp3) is 0.125. The van der Waals surface area contributed by atoms with Crippen LogP contribution in [-0.2, 0) is 14.8 Å². The van der Waals surface area contributed by atoms with Crippen LogP contribution in [0.4, 0.5) is 5.69 Å². The number of nitrogens with zero attached hydrogens (tertiary/aromatic N) is 1. The summed E-state index contributed by atoms with van der Waals surface area (Å²) in [6.45, 7) is 1.14. The molecule has 9 heteroatoms. The van der Waals surface area contributed by atoms with Crippen molar-refractivity contribution in [2.45, 2.75) is 11.8 Å². The fourth-order valence-electron chi connectivity index (χ4n) is 0.945. The minimum Gasteiger partial charge on any atom is -0.278 e. The van der Waals surface area contributed by atoms with Crippen molar-refractivity contribution in [3.05, 3.63) is 34.4 Å². The van der Waals surface area contributed by atoms with E-state index in [0.29, 0.717) is 0 Å². The van der Waals surface area contributed by atoms with E-state index < -0.39 is 20.9 Å². The molecule has 8 nitrogen and oxygen atoms in total. The maximum absolute atomic E-state index is 11.5. The van der Waals surface area contributed by atoms with Gasteiger partial charge in [-0.2, -0.15) is 0 Å². The van der Waals surface area contributed by atoms with Crippen molar-refractivity contribution in [3.8, 4) is 0 Å². The molecule has 1 aromatic carbocycles. The summed E-state index contributed by atoms with van der Waals surface area (Å²) in [4.78, 5) is 21.9. The molecule has 0 spiro atoms. The van der Waals surface area contributed by atoms with Crippen LogP contribution >= 0.6 is 0 Å². The number of carbonyl (C=O) groups excluding carboxylic acids is 1. The van der Waals surface area contributed by atoms with E-state index in [1.807, 2.05) is 10.3 Å². The summed E-state index contributed by atoms with van der Waals surface area (Å²) in [5.74, 6) is -0.574. The second-order valence-corrected chi connectivity index (χ2v) is 4.72. The Morgan fingerprint density at radius 3 is 2.24 bits per heavy atom. The summed E-state index contributed by atoms with van der Waals surface area (Å²) in [5, 5.41) is 10.4. The molecule has 1 amide bonds. The van der Waals surface area contributed by atoms with E-state index in [1.54, 1.807) is 0 Å². The van der Waals surface area contributed by atoms with Crippen LogP contribution in [0.5, 0.6) is 0 Å². The molecule has 92 valence electrons. The smallest absolute Gasteiger partial charge is 0.269 e. The van der Waals surface area contributed by atoms with Gasteiger partial charge in [-0.3, -0.25) is 20.3 Å². The molecule has 0 unspecified atom stereocenters. The van der Waals surface area contributed by atoms with E-state index in [4.69, 9.17) is 0 Å². The van der Waals surface area contributed by atoms with Gasteiger partial charge in [0.1, 0.15) is 0 Å². The standard InChI is InChI=1S/C8H9N3O5S/c1-6(12)9-10-17(15,16)8-4-2-7(3-5-8)11(13)14/h2-5,10H,1H3,(H,9,12). The molecule has 0 aliphatic carbocycles. The first-order valence-electron chi connectivity index (χ1n) is 4.36. The molecule has 0 aromatic heterocycles. The van der Waals surface area contributed by atoms with Crippen molar-refractivity contribution >= 4 is 21.6 Å². The first-order valence-corrected chi connectivity index (χ1v) is 5.84. The lowest BCUT2D eigenvalue weighted by Gasteiger charge is -2.05. The lowest BCUT2D eigenvalue weighted by atomic mass is 10.3. The molecule has 0 radical (unpaired) electrons. The third-order valence-electron chi connectivity index (χ3n) is 1.72. The summed E-state index contributed by atoms with van der Waals surface area (Å²) < 4.78 is 23.0. The van der Waals surface area contributed by atoms with Crippen molar-refractivity contribution < 1.29 is 18.1 Å². The van der Waals surface area contributed by atoms with E-state index in [9.17, 15) is 23.3 Å².